The number of thiophene rings is 1. The molecule has 0 spiro atoms. The molecule has 1 aliphatic carbocycles. The van der Waals surface area contributed by atoms with E-state index in [-0.39, 0.29) is 18.5 Å². The molecule has 0 radical (unpaired) electrons. The maximum Gasteiger partial charge on any atom is 0.280 e. The summed E-state index contributed by atoms with van der Waals surface area (Å²) in [7, 11) is 0. The highest BCUT2D eigenvalue weighted by Crippen LogP contribution is 2.37. The first-order valence-corrected chi connectivity index (χ1v) is 10.9. The Morgan fingerprint density at radius 1 is 1.14 bits per heavy atom. The second kappa shape index (κ2) is 8.35. The number of rotatable bonds is 6. The molecule has 3 aromatic rings. The van der Waals surface area contributed by atoms with Crippen LogP contribution < -0.4 is 16.4 Å². The van der Waals surface area contributed by atoms with Gasteiger partial charge in [-0.15, -0.1) is 11.3 Å². The largest absolute Gasteiger partial charge is 0.365 e. The Morgan fingerprint density at radius 3 is 2.72 bits per heavy atom. The Bertz CT molecular complexity index is 1070. The lowest BCUT2D eigenvalue weighted by Gasteiger charge is -2.14. The van der Waals surface area contributed by atoms with E-state index < -0.39 is 5.91 Å². The summed E-state index contributed by atoms with van der Waals surface area (Å²) in [5, 5.41) is 7.98. The van der Waals surface area contributed by atoms with E-state index in [1.807, 2.05) is 17.4 Å². The molecule has 0 fully saturated rings. The highest BCUT2D eigenvalue weighted by molar-refractivity contribution is 7.17. The van der Waals surface area contributed by atoms with E-state index in [1.54, 1.807) is 0 Å². The zero-order valence-electron chi connectivity index (χ0n) is 16.5. The van der Waals surface area contributed by atoms with Gasteiger partial charge in [0.15, 0.2) is 6.54 Å². The van der Waals surface area contributed by atoms with Gasteiger partial charge in [-0.3, -0.25) is 9.59 Å². The standard InChI is InChI=1S/C23H25N3O2S/c1-14(16-11-6-8-15-7-2-3-9-17(15)16)25-13-20(27)26-23-21(22(24)28)18-10-4-5-12-19(18)29-23/h2-3,6-9,11,14,25H,4-5,10,12-13H2,1H3,(H2,24,28)(H,26,27)/p+1/t14-/m1/s1. The van der Waals surface area contributed by atoms with Gasteiger partial charge in [-0.1, -0.05) is 42.5 Å². The number of aryl methyl sites for hydroxylation is 1. The number of benzene rings is 2. The number of carbonyl (C=O) groups is 2. The van der Waals surface area contributed by atoms with Crippen LogP contribution in [0.25, 0.3) is 10.8 Å². The number of hydrogen-bond acceptors (Lipinski definition) is 3. The first-order chi connectivity index (χ1) is 14.0. The van der Waals surface area contributed by atoms with Crippen molar-refractivity contribution in [1.82, 2.24) is 0 Å². The van der Waals surface area contributed by atoms with Crippen LogP contribution in [-0.4, -0.2) is 18.4 Å². The Labute approximate surface area is 174 Å². The SMILES string of the molecule is C[C@@H]([NH2+]CC(=O)Nc1sc2c(c1C(N)=O)CCCC2)c1cccc2ccccc12. The van der Waals surface area contributed by atoms with Crippen LogP contribution in [0.5, 0.6) is 0 Å². The van der Waals surface area contributed by atoms with E-state index in [4.69, 9.17) is 5.73 Å². The first kappa shape index (κ1) is 19.6. The van der Waals surface area contributed by atoms with Crippen LogP contribution in [0, 0.1) is 0 Å². The molecule has 0 unspecified atom stereocenters. The fourth-order valence-corrected chi connectivity index (χ4v) is 5.46. The van der Waals surface area contributed by atoms with Gasteiger partial charge < -0.3 is 16.4 Å². The molecule has 1 heterocycles. The van der Waals surface area contributed by atoms with Crippen LogP contribution in [0.4, 0.5) is 5.00 Å². The third-order valence-corrected chi connectivity index (χ3v) is 6.85. The van der Waals surface area contributed by atoms with Crippen molar-refractivity contribution in [1.29, 1.82) is 0 Å². The summed E-state index contributed by atoms with van der Waals surface area (Å²) >= 11 is 1.50. The maximum absolute atomic E-state index is 12.6. The molecule has 1 atom stereocenters. The van der Waals surface area contributed by atoms with Crippen LogP contribution >= 0.6 is 11.3 Å². The van der Waals surface area contributed by atoms with Gasteiger partial charge in [0.05, 0.1) is 5.56 Å². The molecule has 6 heteroatoms. The number of nitrogens with one attached hydrogen (secondary N) is 1. The second-order valence-electron chi connectivity index (χ2n) is 7.62. The van der Waals surface area contributed by atoms with Crippen molar-refractivity contribution in [2.75, 3.05) is 11.9 Å². The zero-order valence-corrected chi connectivity index (χ0v) is 17.4. The maximum atomic E-state index is 12.6. The van der Waals surface area contributed by atoms with E-state index in [0.29, 0.717) is 10.6 Å². The number of amides is 2. The average molecular weight is 409 g/mol. The molecule has 5 N–H and O–H groups in total. The van der Waals surface area contributed by atoms with Crippen molar-refractivity contribution in [3.63, 3.8) is 0 Å². The molecular formula is C23H26N3O2S+. The first-order valence-electron chi connectivity index (χ1n) is 10.1. The van der Waals surface area contributed by atoms with Gasteiger partial charge in [0.25, 0.3) is 11.8 Å². The fraction of sp³-hybridized carbons (Fsp3) is 0.304. The van der Waals surface area contributed by atoms with Crippen LogP contribution in [0.15, 0.2) is 42.5 Å². The quantitative estimate of drug-likeness (QED) is 0.585. The number of primary amides is 1. The van der Waals surface area contributed by atoms with Gasteiger partial charge in [0.2, 0.25) is 0 Å². The second-order valence-corrected chi connectivity index (χ2v) is 8.73. The molecule has 150 valence electrons. The number of carbonyl (C=O) groups excluding carboxylic acids is 2. The predicted octanol–water partition coefficient (Wildman–Crippen LogP) is 3.14. The molecular weight excluding hydrogens is 382 g/mol. The van der Waals surface area contributed by atoms with E-state index >= 15 is 0 Å². The van der Waals surface area contributed by atoms with E-state index in [0.717, 1.165) is 31.2 Å². The van der Waals surface area contributed by atoms with Gasteiger partial charge in [0.1, 0.15) is 11.0 Å². The summed E-state index contributed by atoms with van der Waals surface area (Å²) in [5.41, 5.74) is 8.38. The number of nitrogens with two attached hydrogens (primary N) is 2. The summed E-state index contributed by atoms with van der Waals surface area (Å²) < 4.78 is 0. The topological polar surface area (TPSA) is 88.8 Å². The number of anilines is 1. The van der Waals surface area contributed by atoms with Crippen molar-refractivity contribution in [2.45, 2.75) is 38.6 Å². The Balaban J connectivity index is 1.45. The van der Waals surface area contributed by atoms with Crippen molar-refractivity contribution < 1.29 is 14.9 Å². The minimum absolute atomic E-state index is 0.113. The number of fused-ring (bicyclic) bond motifs is 2. The highest BCUT2D eigenvalue weighted by Gasteiger charge is 2.25. The van der Waals surface area contributed by atoms with Crippen LogP contribution in [-0.2, 0) is 17.6 Å². The zero-order chi connectivity index (χ0) is 20.4. The normalized spacial score (nSPS) is 14.4. The van der Waals surface area contributed by atoms with Gasteiger partial charge in [-0.05, 0) is 48.9 Å². The smallest absolute Gasteiger partial charge is 0.280 e. The molecule has 29 heavy (non-hydrogen) atoms. The van der Waals surface area contributed by atoms with Crippen LogP contribution in [0.1, 0.15) is 52.2 Å². The summed E-state index contributed by atoms with van der Waals surface area (Å²) in [6, 6.07) is 14.7. The van der Waals surface area contributed by atoms with Gasteiger partial charge in [-0.25, -0.2) is 0 Å². The minimum atomic E-state index is -0.451. The molecule has 0 saturated carbocycles. The molecule has 1 aromatic heterocycles. The summed E-state index contributed by atoms with van der Waals surface area (Å²) in [6.07, 6.45) is 4.01. The molecule has 1 aliphatic rings. The molecule has 4 rings (SSSR count). The lowest BCUT2D eigenvalue weighted by atomic mass is 9.95. The molecule has 5 nitrogen and oxygen atoms in total. The minimum Gasteiger partial charge on any atom is -0.365 e. The lowest BCUT2D eigenvalue weighted by molar-refractivity contribution is -0.682. The summed E-state index contributed by atoms with van der Waals surface area (Å²) in [6.45, 7) is 2.39. The third-order valence-electron chi connectivity index (χ3n) is 5.64. The van der Waals surface area contributed by atoms with Crippen molar-refractivity contribution in [2.24, 2.45) is 5.73 Å². The summed E-state index contributed by atoms with van der Waals surface area (Å²) in [5.74, 6) is -0.564. The van der Waals surface area contributed by atoms with Crippen LogP contribution in [0.2, 0.25) is 0 Å². The molecule has 2 aromatic carbocycles. The fourth-order valence-electron chi connectivity index (χ4n) is 4.15. The Hall–Kier alpha value is -2.70. The average Bonchev–Trinajstić information content (AvgIpc) is 3.09. The number of hydrogen-bond donors (Lipinski definition) is 3. The van der Waals surface area contributed by atoms with Gasteiger partial charge >= 0.3 is 0 Å². The van der Waals surface area contributed by atoms with E-state index in [2.05, 4.69) is 42.6 Å². The van der Waals surface area contributed by atoms with Crippen LogP contribution in [0.3, 0.4) is 0 Å². The Morgan fingerprint density at radius 2 is 1.90 bits per heavy atom. The van der Waals surface area contributed by atoms with E-state index in [9.17, 15) is 9.59 Å². The third kappa shape index (κ3) is 4.04. The van der Waals surface area contributed by atoms with E-state index in [1.165, 1.54) is 32.5 Å². The van der Waals surface area contributed by atoms with Gasteiger partial charge in [-0.2, -0.15) is 0 Å². The van der Waals surface area contributed by atoms with Gasteiger partial charge in [0, 0.05) is 10.4 Å². The monoisotopic (exact) mass is 408 g/mol. The van der Waals surface area contributed by atoms with Crippen molar-refractivity contribution in [3.05, 3.63) is 64.0 Å². The number of quaternary nitrogens is 1. The Kier molecular flexibility index (Phi) is 5.65. The molecule has 2 amide bonds. The summed E-state index contributed by atoms with van der Waals surface area (Å²) in [4.78, 5) is 25.8. The highest BCUT2D eigenvalue weighted by atomic mass is 32.1. The predicted molar refractivity (Wildman–Crippen MR) is 117 cm³/mol. The molecule has 0 bridgehead atoms. The van der Waals surface area contributed by atoms with Crippen molar-refractivity contribution >= 4 is 38.9 Å². The molecule has 0 aliphatic heterocycles. The van der Waals surface area contributed by atoms with Crippen molar-refractivity contribution in [3.8, 4) is 0 Å². The lowest BCUT2D eigenvalue weighted by Crippen LogP contribution is -2.86. The molecule has 0 saturated heterocycles.